The molecule has 2 aromatic carbocycles. The number of hydrogen-bond donors (Lipinski definition) is 0. The van der Waals surface area contributed by atoms with Gasteiger partial charge in [-0.25, -0.2) is 0 Å². The lowest BCUT2D eigenvalue weighted by Gasteiger charge is -2.20. The summed E-state index contributed by atoms with van der Waals surface area (Å²) in [6.45, 7) is -1.40. The number of alkyl halides is 2. The van der Waals surface area contributed by atoms with Crippen LogP contribution in [-0.2, 0) is 11.3 Å². The molecule has 7 heteroatoms. The van der Waals surface area contributed by atoms with Crippen molar-refractivity contribution in [1.29, 1.82) is 0 Å². The van der Waals surface area contributed by atoms with Crippen LogP contribution in [0.25, 0.3) is 6.08 Å². The molecule has 0 bridgehead atoms. The minimum atomic E-state index is -2.86. The number of amides is 1. The number of hydrogen-bond acceptors (Lipinski definition) is 4. The highest BCUT2D eigenvalue weighted by atomic mass is 19.3. The van der Waals surface area contributed by atoms with E-state index >= 15 is 0 Å². The fraction of sp³-hybridized carbons (Fsp3) is 0.250. The number of benzene rings is 2. The first-order valence-electron chi connectivity index (χ1n) is 8.38. The first kappa shape index (κ1) is 18.7. The second-order valence-corrected chi connectivity index (χ2v) is 5.95. The van der Waals surface area contributed by atoms with Crippen molar-refractivity contribution in [2.75, 3.05) is 20.3 Å². The zero-order valence-corrected chi connectivity index (χ0v) is 14.7. The zero-order chi connectivity index (χ0) is 19.2. The molecule has 0 spiro atoms. The monoisotopic (exact) mass is 375 g/mol. The van der Waals surface area contributed by atoms with Crippen LogP contribution in [0.4, 0.5) is 8.78 Å². The summed E-state index contributed by atoms with van der Waals surface area (Å²) in [5.41, 5.74) is 1.63. The Morgan fingerprint density at radius 1 is 1.15 bits per heavy atom. The molecule has 1 amide bonds. The van der Waals surface area contributed by atoms with Crippen molar-refractivity contribution in [3.05, 3.63) is 59.7 Å². The summed E-state index contributed by atoms with van der Waals surface area (Å²) < 4.78 is 39.6. The molecule has 0 fully saturated rings. The summed E-state index contributed by atoms with van der Waals surface area (Å²) in [7, 11) is 1.70. The van der Waals surface area contributed by atoms with Gasteiger partial charge in [-0.15, -0.1) is 0 Å². The molecule has 0 aliphatic carbocycles. The molecular formula is C20H19F2NO4. The Morgan fingerprint density at radius 2 is 1.85 bits per heavy atom. The van der Waals surface area contributed by atoms with Crippen LogP contribution in [-0.4, -0.2) is 37.7 Å². The van der Waals surface area contributed by atoms with Gasteiger partial charge in [-0.05, 0) is 41.5 Å². The van der Waals surface area contributed by atoms with E-state index < -0.39 is 6.61 Å². The number of fused-ring (bicyclic) bond motifs is 1. The maximum Gasteiger partial charge on any atom is 0.387 e. The van der Waals surface area contributed by atoms with E-state index in [1.165, 1.54) is 18.2 Å². The third-order valence-electron chi connectivity index (χ3n) is 3.93. The van der Waals surface area contributed by atoms with Gasteiger partial charge in [0.2, 0.25) is 5.91 Å². The second kappa shape index (κ2) is 8.53. The summed E-state index contributed by atoms with van der Waals surface area (Å²) in [5, 5.41) is 0. The van der Waals surface area contributed by atoms with E-state index in [2.05, 4.69) is 4.74 Å². The summed E-state index contributed by atoms with van der Waals surface area (Å²) >= 11 is 0. The lowest BCUT2D eigenvalue weighted by atomic mass is 10.1. The Kier molecular flexibility index (Phi) is 5.90. The number of halogens is 2. The maximum absolute atomic E-state index is 12.3. The summed E-state index contributed by atoms with van der Waals surface area (Å²) in [6.07, 6.45) is 3.05. The van der Waals surface area contributed by atoms with Gasteiger partial charge in [0, 0.05) is 19.7 Å². The first-order chi connectivity index (χ1) is 13.0. The van der Waals surface area contributed by atoms with Crippen LogP contribution in [0.1, 0.15) is 11.1 Å². The van der Waals surface area contributed by atoms with E-state index in [0.29, 0.717) is 36.8 Å². The highest BCUT2D eigenvalue weighted by Gasteiger charge is 2.13. The largest absolute Gasteiger partial charge is 0.486 e. The Bertz CT molecular complexity index is 821. The second-order valence-electron chi connectivity index (χ2n) is 5.95. The topological polar surface area (TPSA) is 48.0 Å². The van der Waals surface area contributed by atoms with Crippen LogP contribution >= 0.6 is 0 Å². The minimum absolute atomic E-state index is 0.0733. The molecule has 0 unspecified atom stereocenters. The molecule has 1 aliphatic rings. The smallest absolute Gasteiger partial charge is 0.387 e. The molecule has 142 valence electrons. The van der Waals surface area contributed by atoms with Gasteiger partial charge in [-0.2, -0.15) is 8.78 Å². The lowest BCUT2D eigenvalue weighted by Crippen LogP contribution is -2.24. The molecule has 2 aromatic rings. The molecule has 0 atom stereocenters. The lowest BCUT2D eigenvalue weighted by molar-refractivity contribution is -0.125. The van der Waals surface area contributed by atoms with Crippen LogP contribution in [0.15, 0.2) is 48.5 Å². The first-order valence-corrected chi connectivity index (χ1v) is 8.38. The van der Waals surface area contributed by atoms with Gasteiger partial charge in [-0.3, -0.25) is 4.79 Å². The van der Waals surface area contributed by atoms with E-state index in [9.17, 15) is 13.6 Å². The standard InChI is InChI=1S/C20H19F2NO4/c1-23(13-15-4-8-17-18(12-15)26-11-10-25-17)19(24)9-5-14-2-6-16(7-3-14)27-20(21)22/h2-9,12,20H,10-11,13H2,1H3/b9-5+. The van der Waals surface area contributed by atoms with Crippen molar-refractivity contribution >= 4 is 12.0 Å². The molecule has 0 radical (unpaired) electrons. The third kappa shape index (κ3) is 5.20. The van der Waals surface area contributed by atoms with E-state index in [0.717, 1.165) is 5.56 Å². The van der Waals surface area contributed by atoms with Gasteiger partial charge in [0.25, 0.3) is 0 Å². The number of carbonyl (C=O) groups is 1. The molecule has 1 heterocycles. The summed E-state index contributed by atoms with van der Waals surface area (Å²) in [4.78, 5) is 13.8. The predicted octanol–water partition coefficient (Wildman–Crippen LogP) is 3.73. The van der Waals surface area contributed by atoms with Crippen molar-refractivity contribution in [2.24, 2.45) is 0 Å². The average Bonchev–Trinajstić information content (AvgIpc) is 2.66. The molecule has 3 rings (SSSR count). The molecule has 5 nitrogen and oxygen atoms in total. The van der Waals surface area contributed by atoms with Gasteiger partial charge < -0.3 is 19.1 Å². The van der Waals surface area contributed by atoms with Crippen molar-refractivity contribution in [3.8, 4) is 17.2 Å². The van der Waals surface area contributed by atoms with Crippen LogP contribution in [0.3, 0.4) is 0 Å². The van der Waals surface area contributed by atoms with Crippen molar-refractivity contribution < 1.29 is 27.8 Å². The minimum Gasteiger partial charge on any atom is -0.486 e. The Labute approximate surface area is 155 Å². The molecule has 0 N–H and O–H groups in total. The van der Waals surface area contributed by atoms with Gasteiger partial charge in [-0.1, -0.05) is 18.2 Å². The number of rotatable bonds is 6. The predicted molar refractivity (Wildman–Crippen MR) is 96.0 cm³/mol. The van der Waals surface area contributed by atoms with Crippen LogP contribution in [0, 0.1) is 0 Å². The number of ether oxygens (including phenoxy) is 3. The Hall–Kier alpha value is -3.09. The molecule has 0 saturated carbocycles. The number of nitrogens with zero attached hydrogens (tertiary/aromatic N) is 1. The SMILES string of the molecule is CN(Cc1ccc2c(c1)OCCO2)C(=O)/C=C/c1ccc(OC(F)F)cc1. The maximum atomic E-state index is 12.3. The molecule has 27 heavy (non-hydrogen) atoms. The van der Waals surface area contributed by atoms with E-state index in [1.54, 1.807) is 30.2 Å². The van der Waals surface area contributed by atoms with E-state index in [4.69, 9.17) is 9.47 Å². The van der Waals surface area contributed by atoms with Crippen molar-refractivity contribution in [1.82, 2.24) is 4.90 Å². The van der Waals surface area contributed by atoms with Gasteiger partial charge >= 0.3 is 6.61 Å². The normalized spacial score (nSPS) is 13.0. The molecule has 1 aliphatic heterocycles. The fourth-order valence-corrected chi connectivity index (χ4v) is 2.59. The summed E-state index contributed by atoms with van der Waals surface area (Å²) in [5.74, 6) is 1.28. The van der Waals surface area contributed by atoms with Crippen LogP contribution < -0.4 is 14.2 Å². The zero-order valence-electron chi connectivity index (χ0n) is 14.7. The Balaban J connectivity index is 1.58. The average molecular weight is 375 g/mol. The van der Waals surface area contributed by atoms with Crippen LogP contribution in [0.5, 0.6) is 17.2 Å². The number of likely N-dealkylation sites (N-methyl/N-ethyl adjacent to an activating group) is 1. The van der Waals surface area contributed by atoms with Crippen LogP contribution in [0.2, 0.25) is 0 Å². The summed E-state index contributed by atoms with van der Waals surface area (Å²) in [6, 6.07) is 11.6. The van der Waals surface area contributed by atoms with Crippen molar-refractivity contribution in [3.63, 3.8) is 0 Å². The molecule has 0 aromatic heterocycles. The molecule has 0 saturated heterocycles. The highest BCUT2D eigenvalue weighted by molar-refractivity contribution is 5.91. The van der Waals surface area contributed by atoms with Crippen molar-refractivity contribution in [2.45, 2.75) is 13.2 Å². The third-order valence-corrected chi connectivity index (χ3v) is 3.93. The number of carbonyl (C=O) groups excluding carboxylic acids is 1. The quantitative estimate of drug-likeness (QED) is 0.722. The van der Waals surface area contributed by atoms with E-state index in [1.807, 2.05) is 18.2 Å². The molecular weight excluding hydrogens is 356 g/mol. The van der Waals surface area contributed by atoms with Gasteiger partial charge in [0.05, 0.1) is 0 Å². The van der Waals surface area contributed by atoms with E-state index in [-0.39, 0.29) is 11.7 Å². The van der Waals surface area contributed by atoms with Gasteiger partial charge in [0.1, 0.15) is 19.0 Å². The Morgan fingerprint density at radius 3 is 2.56 bits per heavy atom. The van der Waals surface area contributed by atoms with Gasteiger partial charge in [0.15, 0.2) is 11.5 Å². The fourth-order valence-electron chi connectivity index (χ4n) is 2.59. The highest BCUT2D eigenvalue weighted by Crippen LogP contribution is 2.31.